The number of aryl methyl sites for hydroxylation is 1. The van der Waals surface area contributed by atoms with Crippen LogP contribution in [0.4, 0.5) is 17.5 Å². The molecule has 1 saturated heterocycles. The van der Waals surface area contributed by atoms with Crippen LogP contribution in [0.2, 0.25) is 0 Å². The van der Waals surface area contributed by atoms with Gasteiger partial charge in [0.05, 0.1) is 22.6 Å². The van der Waals surface area contributed by atoms with E-state index in [1.165, 1.54) is 17.6 Å². The predicted molar refractivity (Wildman–Crippen MR) is 135 cm³/mol. The van der Waals surface area contributed by atoms with Crippen LogP contribution in [0.15, 0.2) is 35.0 Å². The molecule has 1 aliphatic carbocycles. The monoisotopic (exact) mass is 480 g/mol. The molecular formula is C25H31ClN7O+. The van der Waals surface area contributed by atoms with Gasteiger partial charge in [-0.15, -0.1) is 0 Å². The van der Waals surface area contributed by atoms with Crippen LogP contribution >= 0.6 is 11.6 Å². The minimum absolute atomic E-state index is 0.342. The van der Waals surface area contributed by atoms with Gasteiger partial charge in [0.2, 0.25) is 18.2 Å². The van der Waals surface area contributed by atoms with Crippen LogP contribution in [0, 0.1) is 12.8 Å². The standard InChI is InChI=1S/C25H30ClN7O/c1-16-21(4-6-24(29-16)27-13-17-7-9-32(2)10-8-17)30-25-28-14-19-15-33(34)23-5-3-20(26)11-18(23)12-22(19)31-25/h4,6,11-12,14,17,34H,3,5,7-10,13,15H2,1-2H3,(H,28,31)/p+1. The highest BCUT2D eigenvalue weighted by Crippen LogP contribution is 2.28. The maximum atomic E-state index is 10.5. The smallest absolute Gasteiger partial charge is 0.235 e. The second-order valence-electron chi connectivity index (χ2n) is 9.38. The highest BCUT2D eigenvalue weighted by molar-refractivity contribution is 6.31. The van der Waals surface area contributed by atoms with E-state index in [1.807, 2.05) is 31.2 Å². The van der Waals surface area contributed by atoms with Crippen molar-refractivity contribution in [3.8, 4) is 0 Å². The van der Waals surface area contributed by atoms with Crippen molar-refractivity contribution in [2.75, 3.05) is 37.3 Å². The number of pyridine rings is 1. The van der Waals surface area contributed by atoms with Crippen molar-refractivity contribution in [2.45, 2.75) is 39.2 Å². The lowest BCUT2D eigenvalue weighted by molar-refractivity contribution is -0.787. The topological polar surface area (TPSA) is 89.2 Å². The summed E-state index contributed by atoms with van der Waals surface area (Å²) in [5, 5.41) is 18.1. The number of rotatable bonds is 5. The van der Waals surface area contributed by atoms with Crippen LogP contribution in [0.3, 0.4) is 0 Å². The van der Waals surface area contributed by atoms with Crippen LogP contribution in [0.1, 0.15) is 42.6 Å². The number of hydrogen-bond acceptors (Lipinski definition) is 7. The fourth-order valence-electron chi connectivity index (χ4n) is 4.67. The van der Waals surface area contributed by atoms with Crippen molar-refractivity contribution in [3.05, 3.63) is 52.0 Å². The molecule has 0 unspecified atom stereocenters. The second-order valence-corrected chi connectivity index (χ2v) is 9.87. The summed E-state index contributed by atoms with van der Waals surface area (Å²) in [5.41, 5.74) is 5.12. The van der Waals surface area contributed by atoms with Gasteiger partial charge in [-0.05, 0) is 81.3 Å². The summed E-state index contributed by atoms with van der Waals surface area (Å²) in [4.78, 5) is 16.3. The average Bonchev–Trinajstić information content (AvgIpc) is 2.95. The number of likely N-dealkylation sites (tertiary alicyclic amines) is 1. The Kier molecular flexibility index (Phi) is 6.52. The quantitative estimate of drug-likeness (QED) is 0.433. The molecule has 0 aromatic carbocycles. The highest BCUT2D eigenvalue weighted by Gasteiger charge is 2.28. The SMILES string of the molecule is Cc1nc(NCC2CCN(C)CC2)ccc1Nc1ncc2c(n1)C=C1C=C(Cl)CCC1=[N+](O)C2. The zero-order chi connectivity index (χ0) is 23.7. The molecule has 5 rings (SSSR count). The van der Waals surface area contributed by atoms with Gasteiger partial charge in [0.1, 0.15) is 5.82 Å². The lowest BCUT2D eigenvalue weighted by atomic mass is 9.97. The Morgan fingerprint density at radius 3 is 2.79 bits per heavy atom. The second kappa shape index (κ2) is 9.72. The molecule has 0 amide bonds. The Balaban J connectivity index is 1.29. The van der Waals surface area contributed by atoms with E-state index in [9.17, 15) is 5.21 Å². The number of hydroxylamine groups is 1. The third kappa shape index (κ3) is 5.08. The van der Waals surface area contributed by atoms with E-state index in [0.29, 0.717) is 24.8 Å². The number of aromatic nitrogens is 3. The molecule has 178 valence electrons. The Bertz CT molecular complexity index is 1180. The summed E-state index contributed by atoms with van der Waals surface area (Å²) < 4.78 is 1.28. The molecule has 0 spiro atoms. The molecular weight excluding hydrogens is 450 g/mol. The summed E-state index contributed by atoms with van der Waals surface area (Å²) in [7, 11) is 2.19. The van der Waals surface area contributed by atoms with Gasteiger partial charge < -0.3 is 15.5 Å². The van der Waals surface area contributed by atoms with E-state index in [1.54, 1.807) is 6.20 Å². The zero-order valence-electron chi connectivity index (χ0n) is 19.7. The third-order valence-electron chi connectivity index (χ3n) is 6.81. The van der Waals surface area contributed by atoms with Gasteiger partial charge in [-0.1, -0.05) is 11.6 Å². The van der Waals surface area contributed by atoms with E-state index in [4.69, 9.17) is 21.6 Å². The fourth-order valence-corrected chi connectivity index (χ4v) is 4.88. The van der Waals surface area contributed by atoms with Crippen molar-refractivity contribution in [1.29, 1.82) is 0 Å². The van der Waals surface area contributed by atoms with E-state index in [2.05, 4.69) is 27.6 Å². The van der Waals surface area contributed by atoms with Crippen molar-refractivity contribution >= 4 is 40.8 Å². The van der Waals surface area contributed by atoms with Crippen LogP contribution < -0.4 is 10.6 Å². The first kappa shape index (κ1) is 22.8. The molecule has 0 atom stereocenters. The number of hydrogen-bond donors (Lipinski definition) is 3. The van der Waals surface area contributed by atoms with E-state index >= 15 is 0 Å². The molecule has 2 aromatic heterocycles. The third-order valence-corrected chi connectivity index (χ3v) is 7.11. The van der Waals surface area contributed by atoms with E-state index in [-0.39, 0.29) is 0 Å². The number of allylic oxidation sites excluding steroid dienone is 3. The van der Waals surface area contributed by atoms with Crippen molar-refractivity contribution in [3.63, 3.8) is 0 Å². The lowest BCUT2D eigenvalue weighted by Gasteiger charge is -2.29. The molecule has 34 heavy (non-hydrogen) atoms. The number of nitrogens with one attached hydrogen (secondary N) is 2. The molecule has 0 radical (unpaired) electrons. The summed E-state index contributed by atoms with van der Waals surface area (Å²) in [6.07, 6.45) is 9.51. The molecule has 8 nitrogen and oxygen atoms in total. The minimum Gasteiger partial charge on any atom is -0.370 e. The van der Waals surface area contributed by atoms with Crippen LogP contribution in [0.25, 0.3) is 6.08 Å². The Morgan fingerprint density at radius 1 is 1.18 bits per heavy atom. The zero-order valence-corrected chi connectivity index (χ0v) is 20.4. The van der Waals surface area contributed by atoms with Gasteiger partial charge >= 0.3 is 0 Å². The minimum atomic E-state index is 0.342. The molecule has 3 aliphatic rings. The molecule has 0 bridgehead atoms. The molecule has 2 aliphatic heterocycles. The Hall–Kier alpha value is -2.97. The molecule has 4 heterocycles. The molecule has 9 heteroatoms. The first-order chi connectivity index (χ1) is 16.4. The first-order valence-corrected chi connectivity index (χ1v) is 12.3. The first-order valence-electron chi connectivity index (χ1n) is 11.9. The van der Waals surface area contributed by atoms with Gasteiger partial charge in [0.25, 0.3) is 0 Å². The summed E-state index contributed by atoms with van der Waals surface area (Å²) in [6.45, 7) is 5.61. The number of anilines is 3. The molecule has 3 N–H and O–H groups in total. The van der Waals surface area contributed by atoms with Gasteiger partial charge in [-0.25, -0.2) is 15.0 Å². The maximum Gasteiger partial charge on any atom is 0.235 e. The van der Waals surface area contributed by atoms with Crippen molar-refractivity contribution < 1.29 is 9.95 Å². The van der Waals surface area contributed by atoms with Gasteiger partial charge in [-0.3, -0.25) is 5.21 Å². The van der Waals surface area contributed by atoms with Gasteiger partial charge in [0, 0.05) is 29.8 Å². The largest absolute Gasteiger partial charge is 0.370 e. The van der Waals surface area contributed by atoms with Crippen molar-refractivity contribution in [1.82, 2.24) is 19.9 Å². The van der Waals surface area contributed by atoms with Crippen LogP contribution in [0.5, 0.6) is 0 Å². The highest BCUT2D eigenvalue weighted by atomic mass is 35.5. The van der Waals surface area contributed by atoms with E-state index < -0.39 is 0 Å². The van der Waals surface area contributed by atoms with Gasteiger partial charge in [0.15, 0.2) is 0 Å². The van der Waals surface area contributed by atoms with Gasteiger partial charge in [-0.2, -0.15) is 0 Å². The van der Waals surface area contributed by atoms with Crippen LogP contribution in [-0.2, 0) is 6.54 Å². The summed E-state index contributed by atoms with van der Waals surface area (Å²) in [6, 6.07) is 4.01. The van der Waals surface area contributed by atoms with E-state index in [0.717, 1.165) is 70.8 Å². The number of fused-ring (bicyclic) bond motifs is 2. The molecule has 2 aromatic rings. The number of nitrogens with zero attached hydrogens (tertiary/aromatic N) is 5. The summed E-state index contributed by atoms with van der Waals surface area (Å²) >= 11 is 6.25. The maximum absolute atomic E-state index is 10.5. The van der Waals surface area contributed by atoms with Crippen molar-refractivity contribution in [2.24, 2.45) is 5.92 Å². The number of halogens is 1. The Labute approximate surface area is 205 Å². The molecule has 0 saturated carbocycles. The normalized spacial score (nSPS) is 19.0. The average molecular weight is 481 g/mol. The Morgan fingerprint density at radius 2 is 2.00 bits per heavy atom. The predicted octanol–water partition coefficient (Wildman–Crippen LogP) is 4.33. The summed E-state index contributed by atoms with van der Waals surface area (Å²) in [5.74, 6) is 2.08. The number of piperidine rings is 1. The van der Waals surface area contributed by atoms with Crippen LogP contribution in [-0.4, -0.2) is 62.2 Å². The fraction of sp³-hybridized carbons (Fsp3) is 0.440. The molecule has 1 fully saturated rings. The lowest BCUT2D eigenvalue weighted by Crippen LogP contribution is -2.33.